The second kappa shape index (κ2) is 6.44. The van der Waals surface area contributed by atoms with Crippen LogP contribution in [0.15, 0.2) is 12.3 Å². The van der Waals surface area contributed by atoms with E-state index < -0.39 is 0 Å². The molecule has 0 radical (unpaired) electrons. The van der Waals surface area contributed by atoms with Crippen LogP contribution in [0.3, 0.4) is 0 Å². The quantitative estimate of drug-likeness (QED) is 0.913. The van der Waals surface area contributed by atoms with Crippen molar-refractivity contribution >= 4 is 11.8 Å². The molecule has 0 saturated carbocycles. The minimum atomic E-state index is -0.0528. The zero-order valence-electron chi connectivity index (χ0n) is 14.0. The Labute approximate surface area is 136 Å². The number of carbonyl (C=O) groups is 1. The molecule has 1 aliphatic rings. The molecule has 2 aromatic heterocycles. The number of nitrogens with zero attached hydrogens (tertiary/aromatic N) is 4. The Morgan fingerprint density at radius 1 is 1.52 bits per heavy atom. The fraction of sp³-hybridized carbons (Fsp3) is 0.562. The van der Waals surface area contributed by atoms with Gasteiger partial charge in [0.05, 0.1) is 5.69 Å². The topological polar surface area (TPSA) is 78.8 Å². The maximum Gasteiger partial charge on any atom is 0.323 e. The Morgan fingerprint density at radius 3 is 3.00 bits per heavy atom. The third-order valence-corrected chi connectivity index (χ3v) is 4.61. The van der Waals surface area contributed by atoms with Gasteiger partial charge in [-0.15, -0.1) is 0 Å². The molecule has 2 aromatic rings. The number of H-pyrrole nitrogens is 1. The highest BCUT2D eigenvalue weighted by atomic mass is 16.2. The van der Waals surface area contributed by atoms with E-state index in [1.54, 1.807) is 10.9 Å². The maximum atomic E-state index is 12.6. The Morgan fingerprint density at radius 2 is 2.35 bits per heavy atom. The fourth-order valence-electron chi connectivity index (χ4n) is 3.29. The Kier molecular flexibility index (Phi) is 4.36. The minimum absolute atomic E-state index is 0.0528. The van der Waals surface area contributed by atoms with Crippen LogP contribution in [0.2, 0.25) is 0 Å². The van der Waals surface area contributed by atoms with E-state index in [0.29, 0.717) is 12.5 Å². The molecule has 3 heterocycles. The number of likely N-dealkylation sites (tertiary alicyclic amines) is 1. The van der Waals surface area contributed by atoms with Crippen LogP contribution in [0.4, 0.5) is 10.6 Å². The number of rotatable bonds is 3. The molecule has 7 heteroatoms. The normalized spacial score (nSPS) is 18.2. The van der Waals surface area contributed by atoms with E-state index in [1.807, 2.05) is 24.9 Å². The minimum Gasteiger partial charge on any atom is -0.324 e. The molecule has 0 aliphatic carbocycles. The molecule has 2 N–H and O–H groups in total. The lowest BCUT2D eigenvalue weighted by molar-refractivity contribution is 0.192. The smallest absolute Gasteiger partial charge is 0.323 e. The van der Waals surface area contributed by atoms with Crippen LogP contribution in [0.1, 0.15) is 42.6 Å². The van der Waals surface area contributed by atoms with Crippen molar-refractivity contribution in [2.24, 2.45) is 7.05 Å². The number of anilines is 1. The molecule has 23 heavy (non-hydrogen) atoms. The fourth-order valence-corrected chi connectivity index (χ4v) is 3.29. The Bertz CT molecular complexity index is 675. The first-order chi connectivity index (χ1) is 11.1. The van der Waals surface area contributed by atoms with Crippen molar-refractivity contribution in [3.8, 4) is 0 Å². The summed E-state index contributed by atoms with van der Waals surface area (Å²) in [6.45, 7) is 5.57. The van der Waals surface area contributed by atoms with E-state index >= 15 is 0 Å². The summed E-state index contributed by atoms with van der Waals surface area (Å²) in [6, 6.07) is 1.94. The van der Waals surface area contributed by atoms with Gasteiger partial charge < -0.3 is 4.90 Å². The van der Waals surface area contributed by atoms with Crippen LogP contribution in [0.5, 0.6) is 0 Å². The van der Waals surface area contributed by atoms with Crippen molar-refractivity contribution in [1.82, 2.24) is 24.9 Å². The number of hydrogen-bond acceptors (Lipinski definition) is 3. The monoisotopic (exact) mass is 316 g/mol. The van der Waals surface area contributed by atoms with Crippen molar-refractivity contribution in [3.63, 3.8) is 0 Å². The highest BCUT2D eigenvalue weighted by Gasteiger charge is 2.26. The van der Waals surface area contributed by atoms with Gasteiger partial charge in [-0.3, -0.25) is 15.1 Å². The molecule has 0 unspecified atom stereocenters. The van der Waals surface area contributed by atoms with Crippen LogP contribution in [0, 0.1) is 6.92 Å². The summed E-state index contributed by atoms with van der Waals surface area (Å²) in [5.41, 5.74) is 3.18. The van der Waals surface area contributed by atoms with Gasteiger partial charge in [-0.05, 0) is 32.3 Å². The van der Waals surface area contributed by atoms with E-state index in [2.05, 4.69) is 27.5 Å². The summed E-state index contributed by atoms with van der Waals surface area (Å²) < 4.78 is 1.75. The summed E-state index contributed by atoms with van der Waals surface area (Å²) in [5, 5.41) is 14.5. The molecule has 0 bridgehead atoms. The molecule has 1 saturated heterocycles. The second-order valence-electron chi connectivity index (χ2n) is 6.12. The molecule has 7 nitrogen and oxygen atoms in total. The maximum absolute atomic E-state index is 12.6. The van der Waals surface area contributed by atoms with Crippen LogP contribution in [-0.2, 0) is 13.5 Å². The molecular weight excluding hydrogens is 292 g/mol. The van der Waals surface area contributed by atoms with Crippen molar-refractivity contribution in [2.75, 3.05) is 18.4 Å². The summed E-state index contributed by atoms with van der Waals surface area (Å²) in [4.78, 5) is 14.5. The molecule has 2 amide bonds. The number of piperidine rings is 1. The van der Waals surface area contributed by atoms with Crippen LogP contribution in [-0.4, -0.2) is 44.0 Å². The molecule has 124 valence electrons. The van der Waals surface area contributed by atoms with Crippen molar-refractivity contribution in [2.45, 2.75) is 39.0 Å². The van der Waals surface area contributed by atoms with E-state index in [9.17, 15) is 4.79 Å². The SMILES string of the molecule is CCc1nn(C)c(NC(=O)N2CCC[C@@H](c3ccn[nH]3)C2)c1C. The third kappa shape index (κ3) is 3.09. The van der Waals surface area contributed by atoms with Crippen molar-refractivity contribution < 1.29 is 4.79 Å². The third-order valence-electron chi connectivity index (χ3n) is 4.61. The average molecular weight is 316 g/mol. The van der Waals surface area contributed by atoms with E-state index in [4.69, 9.17) is 0 Å². The van der Waals surface area contributed by atoms with E-state index in [1.165, 1.54) is 0 Å². The molecule has 1 fully saturated rings. The number of amides is 2. The molecule has 1 aliphatic heterocycles. The molecule has 3 rings (SSSR count). The Hall–Kier alpha value is -2.31. The highest BCUT2D eigenvalue weighted by Crippen LogP contribution is 2.26. The molecule has 1 atom stereocenters. The van der Waals surface area contributed by atoms with Crippen LogP contribution < -0.4 is 5.32 Å². The zero-order chi connectivity index (χ0) is 16.4. The number of hydrogen-bond donors (Lipinski definition) is 2. The molecular formula is C16H24N6O. The van der Waals surface area contributed by atoms with E-state index in [0.717, 1.165) is 48.6 Å². The van der Waals surface area contributed by atoms with E-state index in [-0.39, 0.29) is 6.03 Å². The van der Waals surface area contributed by atoms with Gasteiger partial charge in [0.1, 0.15) is 5.82 Å². The number of aryl methyl sites for hydroxylation is 2. The lowest BCUT2D eigenvalue weighted by Crippen LogP contribution is -2.42. The number of carbonyl (C=O) groups excluding carboxylic acids is 1. The lowest BCUT2D eigenvalue weighted by Gasteiger charge is -2.32. The van der Waals surface area contributed by atoms with Gasteiger partial charge in [-0.1, -0.05) is 6.92 Å². The predicted molar refractivity (Wildman–Crippen MR) is 88.5 cm³/mol. The number of aromatic nitrogens is 4. The first-order valence-corrected chi connectivity index (χ1v) is 8.17. The predicted octanol–water partition coefficient (Wildman–Crippen LogP) is 2.43. The zero-order valence-corrected chi connectivity index (χ0v) is 14.0. The lowest BCUT2D eigenvalue weighted by atomic mass is 9.95. The summed E-state index contributed by atoms with van der Waals surface area (Å²) in [7, 11) is 1.87. The first-order valence-electron chi connectivity index (χ1n) is 8.17. The van der Waals surface area contributed by atoms with Gasteiger partial charge >= 0.3 is 6.03 Å². The van der Waals surface area contributed by atoms with Gasteiger partial charge in [0.15, 0.2) is 0 Å². The highest BCUT2D eigenvalue weighted by molar-refractivity contribution is 5.89. The summed E-state index contributed by atoms with van der Waals surface area (Å²) >= 11 is 0. The van der Waals surface area contributed by atoms with Gasteiger partial charge in [0.2, 0.25) is 0 Å². The van der Waals surface area contributed by atoms with Crippen LogP contribution in [0.25, 0.3) is 0 Å². The number of nitrogens with one attached hydrogen (secondary N) is 2. The number of aromatic amines is 1. The van der Waals surface area contributed by atoms with Gasteiger partial charge in [0.25, 0.3) is 0 Å². The number of urea groups is 1. The van der Waals surface area contributed by atoms with Crippen molar-refractivity contribution in [1.29, 1.82) is 0 Å². The first kappa shape index (κ1) is 15.6. The Balaban J connectivity index is 1.70. The van der Waals surface area contributed by atoms with Crippen LogP contribution >= 0.6 is 0 Å². The summed E-state index contributed by atoms with van der Waals surface area (Å²) in [6.07, 6.45) is 4.71. The standard InChI is InChI=1S/C16H24N6O/c1-4-13-11(2)15(21(3)20-13)18-16(23)22-9-5-6-12(10-22)14-7-8-17-19-14/h7-8,12H,4-6,9-10H2,1-3H3,(H,17,19)(H,18,23)/t12-/m1/s1. The van der Waals surface area contributed by atoms with Crippen molar-refractivity contribution in [3.05, 3.63) is 29.2 Å². The second-order valence-corrected chi connectivity index (χ2v) is 6.12. The van der Waals surface area contributed by atoms with Gasteiger partial charge in [0, 0.05) is 43.5 Å². The largest absolute Gasteiger partial charge is 0.324 e. The summed E-state index contributed by atoms with van der Waals surface area (Å²) in [5.74, 6) is 1.12. The van der Waals surface area contributed by atoms with Gasteiger partial charge in [-0.2, -0.15) is 10.2 Å². The molecule has 0 spiro atoms. The molecule has 0 aromatic carbocycles. The average Bonchev–Trinajstić information content (AvgIpc) is 3.19. The van der Waals surface area contributed by atoms with Gasteiger partial charge in [-0.25, -0.2) is 4.79 Å².